The number of nitrogens with zero attached hydrogens (tertiary/aromatic N) is 1. The first-order valence-corrected chi connectivity index (χ1v) is 8.42. The third-order valence-corrected chi connectivity index (χ3v) is 6.17. The van der Waals surface area contributed by atoms with Gasteiger partial charge in [0.2, 0.25) is 10.0 Å². The summed E-state index contributed by atoms with van der Waals surface area (Å²) in [7, 11) is -3.81. The molecule has 21 heavy (non-hydrogen) atoms. The largest absolute Gasteiger partial charge is 0.480 e. The fourth-order valence-corrected chi connectivity index (χ4v) is 5.04. The number of rotatable bonds is 3. The molecular formula is C15H21NO4S. The maximum atomic E-state index is 12.9. The first-order valence-electron chi connectivity index (χ1n) is 6.98. The first-order chi connectivity index (χ1) is 9.68. The van der Waals surface area contributed by atoms with Crippen LogP contribution in [0.1, 0.15) is 32.3 Å². The summed E-state index contributed by atoms with van der Waals surface area (Å²) in [5.74, 6) is -1.09. The van der Waals surface area contributed by atoms with Crippen LogP contribution in [0.2, 0.25) is 0 Å². The number of carboxylic acid groups (broad SMARTS) is 1. The number of hydrogen-bond acceptors (Lipinski definition) is 3. The minimum absolute atomic E-state index is 0.189. The number of carboxylic acids is 1. The van der Waals surface area contributed by atoms with E-state index in [1.54, 1.807) is 25.1 Å². The zero-order valence-corrected chi connectivity index (χ0v) is 13.4. The normalized spacial score (nSPS) is 22.9. The van der Waals surface area contributed by atoms with Gasteiger partial charge in [-0.05, 0) is 36.8 Å². The summed E-state index contributed by atoms with van der Waals surface area (Å²) >= 11 is 0. The van der Waals surface area contributed by atoms with Crippen molar-refractivity contribution in [1.29, 1.82) is 0 Å². The molecule has 0 spiro atoms. The van der Waals surface area contributed by atoms with Crippen molar-refractivity contribution < 1.29 is 18.3 Å². The SMILES string of the molecule is Cc1ccccc1S(=O)(=O)N1CCCC(C)(C)C1C(=O)O. The van der Waals surface area contributed by atoms with Gasteiger partial charge in [0.25, 0.3) is 0 Å². The maximum Gasteiger partial charge on any atom is 0.322 e. The summed E-state index contributed by atoms with van der Waals surface area (Å²) < 4.78 is 26.9. The van der Waals surface area contributed by atoms with Gasteiger partial charge in [0.15, 0.2) is 0 Å². The molecule has 1 N–H and O–H groups in total. The molecule has 6 heteroatoms. The third kappa shape index (κ3) is 2.82. The predicted octanol–water partition coefficient (Wildman–Crippen LogP) is 2.26. The highest BCUT2D eigenvalue weighted by molar-refractivity contribution is 7.89. The molecule has 1 saturated heterocycles. The molecule has 1 aromatic rings. The smallest absolute Gasteiger partial charge is 0.322 e. The number of hydrogen-bond donors (Lipinski definition) is 1. The fraction of sp³-hybridized carbons (Fsp3) is 0.533. The average molecular weight is 311 g/mol. The van der Waals surface area contributed by atoms with Crippen molar-refractivity contribution in [1.82, 2.24) is 4.31 Å². The van der Waals surface area contributed by atoms with Crippen LogP contribution in [-0.2, 0) is 14.8 Å². The van der Waals surface area contributed by atoms with Crippen molar-refractivity contribution in [3.63, 3.8) is 0 Å². The molecule has 5 nitrogen and oxygen atoms in total. The lowest BCUT2D eigenvalue weighted by Gasteiger charge is -2.43. The van der Waals surface area contributed by atoms with E-state index in [0.29, 0.717) is 18.4 Å². The predicted molar refractivity (Wildman–Crippen MR) is 79.5 cm³/mol. The highest BCUT2D eigenvalue weighted by Gasteiger charge is 2.47. The van der Waals surface area contributed by atoms with Crippen LogP contribution in [0, 0.1) is 12.3 Å². The zero-order chi connectivity index (χ0) is 15.8. The van der Waals surface area contributed by atoms with Crippen LogP contribution in [0.15, 0.2) is 29.2 Å². The van der Waals surface area contributed by atoms with E-state index in [-0.39, 0.29) is 11.4 Å². The van der Waals surface area contributed by atoms with Crippen LogP contribution < -0.4 is 0 Å². The summed E-state index contributed by atoms with van der Waals surface area (Å²) in [5.41, 5.74) is 0.0462. The second-order valence-corrected chi connectivity index (χ2v) is 8.07. The molecule has 0 aromatic heterocycles. The quantitative estimate of drug-likeness (QED) is 0.929. The van der Waals surface area contributed by atoms with Crippen molar-refractivity contribution in [2.45, 2.75) is 44.6 Å². The second kappa shape index (κ2) is 5.42. The number of piperidine rings is 1. The van der Waals surface area contributed by atoms with E-state index in [4.69, 9.17) is 0 Å². The monoisotopic (exact) mass is 311 g/mol. The number of carbonyl (C=O) groups is 1. The van der Waals surface area contributed by atoms with Gasteiger partial charge in [-0.3, -0.25) is 4.79 Å². The van der Waals surface area contributed by atoms with Gasteiger partial charge < -0.3 is 5.11 Å². The van der Waals surface area contributed by atoms with Gasteiger partial charge in [0.1, 0.15) is 6.04 Å². The minimum atomic E-state index is -3.81. The molecular weight excluding hydrogens is 290 g/mol. The van der Waals surface area contributed by atoms with Crippen LogP contribution in [0.3, 0.4) is 0 Å². The molecule has 0 aliphatic carbocycles. The molecule has 116 valence electrons. The Morgan fingerprint density at radius 2 is 1.95 bits per heavy atom. The Bertz CT molecular complexity index is 651. The number of benzene rings is 1. The number of sulfonamides is 1. The van der Waals surface area contributed by atoms with E-state index in [2.05, 4.69) is 0 Å². The van der Waals surface area contributed by atoms with Crippen LogP contribution in [-0.4, -0.2) is 36.4 Å². The van der Waals surface area contributed by atoms with Crippen molar-refractivity contribution in [3.8, 4) is 0 Å². The Kier molecular flexibility index (Phi) is 4.13. The van der Waals surface area contributed by atoms with Crippen molar-refractivity contribution in [2.75, 3.05) is 6.54 Å². The van der Waals surface area contributed by atoms with Gasteiger partial charge in [0, 0.05) is 6.54 Å². The van der Waals surface area contributed by atoms with Crippen LogP contribution >= 0.6 is 0 Å². The highest BCUT2D eigenvalue weighted by Crippen LogP contribution is 2.38. The maximum absolute atomic E-state index is 12.9. The molecule has 1 atom stereocenters. The highest BCUT2D eigenvalue weighted by atomic mass is 32.2. The Morgan fingerprint density at radius 3 is 2.52 bits per heavy atom. The first kappa shape index (κ1) is 16.0. The van der Waals surface area contributed by atoms with E-state index in [9.17, 15) is 18.3 Å². The lowest BCUT2D eigenvalue weighted by Crippen LogP contribution is -2.56. The van der Waals surface area contributed by atoms with E-state index >= 15 is 0 Å². The zero-order valence-electron chi connectivity index (χ0n) is 12.5. The summed E-state index contributed by atoms with van der Waals surface area (Å²) in [5, 5.41) is 9.52. The van der Waals surface area contributed by atoms with Crippen LogP contribution in [0.4, 0.5) is 0 Å². The number of aryl methyl sites for hydroxylation is 1. The Labute approximate surface area is 125 Å². The van der Waals surface area contributed by atoms with E-state index in [1.165, 1.54) is 6.07 Å². The summed E-state index contributed by atoms with van der Waals surface area (Å²) in [4.78, 5) is 11.8. The second-order valence-electron chi connectivity index (χ2n) is 6.21. The van der Waals surface area contributed by atoms with Gasteiger partial charge in [-0.25, -0.2) is 8.42 Å². The van der Waals surface area contributed by atoms with Gasteiger partial charge in [-0.2, -0.15) is 4.31 Å². The van der Waals surface area contributed by atoms with Crippen LogP contribution in [0.5, 0.6) is 0 Å². The molecule has 1 fully saturated rings. The molecule has 0 saturated carbocycles. The molecule has 1 unspecified atom stereocenters. The standard InChI is InChI=1S/C15H21NO4S/c1-11-7-4-5-8-12(11)21(19,20)16-10-6-9-15(2,3)13(16)14(17)18/h4-5,7-8,13H,6,9-10H2,1-3H3,(H,17,18). The summed E-state index contributed by atoms with van der Waals surface area (Å²) in [6, 6.07) is 5.65. The van der Waals surface area contributed by atoms with Crippen LogP contribution in [0.25, 0.3) is 0 Å². The van der Waals surface area contributed by atoms with Crippen molar-refractivity contribution >= 4 is 16.0 Å². The fourth-order valence-electron chi connectivity index (χ4n) is 3.03. The lowest BCUT2D eigenvalue weighted by molar-refractivity contribution is -0.147. The molecule has 0 bridgehead atoms. The molecule has 0 amide bonds. The summed E-state index contributed by atoms with van der Waals surface area (Å²) in [6.45, 7) is 5.59. The molecule has 1 aliphatic heterocycles. The van der Waals surface area contributed by atoms with Gasteiger partial charge >= 0.3 is 5.97 Å². The molecule has 0 radical (unpaired) electrons. The molecule has 1 aromatic carbocycles. The average Bonchev–Trinajstić information content (AvgIpc) is 2.37. The Balaban J connectivity index is 2.52. The van der Waals surface area contributed by atoms with E-state index in [1.807, 2.05) is 13.8 Å². The minimum Gasteiger partial charge on any atom is -0.480 e. The van der Waals surface area contributed by atoms with Crippen molar-refractivity contribution in [2.24, 2.45) is 5.41 Å². The topological polar surface area (TPSA) is 74.7 Å². The molecule has 1 heterocycles. The number of aliphatic carboxylic acids is 1. The molecule has 1 aliphatic rings. The molecule has 2 rings (SSSR count). The summed E-state index contributed by atoms with van der Waals surface area (Å²) in [6.07, 6.45) is 1.37. The Morgan fingerprint density at radius 1 is 1.33 bits per heavy atom. The van der Waals surface area contributed by atoms with Gasteiger partial charge in [0.05, 0.1) is 4.90 Å². The van der Waals surface area contributed by atoms with Gasteiger partial charge in [-0.1, -0.05) is 32.0 Å². The van der Waals surface area contributed by atoms with E-state index in [0.717, 1.165) is 4.31 Å². The third-order valence-electron chi connectivity index (χ3n) is 4.14. The van der Waals surface area contributed by atoms with E-state index < -0.39 is 27.4 Å². The lowest BCUT2D eigenvalue weighted by atomic mass is 9.77. The van der Waals surface area contributed by atoms with Gasteiger partial charge in [-0.15, -0.1) is 0 Å². The Hall–Kier alpha value is -1.40. The van der Waals surface area contributed by atoms with Crippen molar-refractivity contribution in [3.05, 3.63) is 29.8 Å².